The molecule has 0 amide bonds. The Morgan fingerprint density at radius 1 is 1.23 bits per heavy atom. The summed E-state index contributed by atoms with van der Waals surface area (Å²) in [5, 5.41) is 2.29. The van der Waals surface area contributed by atoms with Crippen LogP contribution in [0.25, 0.3) is 0 Å². The van der Waals surface area contributed by atoms with Crippen molar-refractivity contribution in [3.8, 4) is 0 Å². The van der Waals surface area contributed by atoms with Crippen molar-refractivity contribution in [2.24, 2.45) is 0 Å². The number of nitrogens with zero attached hydrogens (tertiary/aromatic N) is 4. The van der Waals surface area contributed by atoms with Crippen LogP contribution in [0.3, 0.4) is 0 Å². The van der Waals surface area contributed by atoms with Gasteiger partial charge in [-0.05, 0) is 43.2 Å². The fourth-order valence-corrected chi connectivity index (χ4v) is 3.80. The Balaban J connectivity index is 1.50. The Bertz CT molecular complexity index is 573. The maximum Gasteiger partial charge on any atom is 0.0553 e. The lowest BCUT2D eigenvalue weighted by Gasteiger charge is -2.35. The van der Waals surface area contributed by atoms with Crippen molar-refractivity contribution < 1.29 is 0 Å². The minimum atomic E-state index is 1.03. The van der Waals surface area contributed by atoms with Crippen LogP contribution in [0.4, 0.5) is 5.69 Å². The highest BCUT2D eigenvalue weighted by atomic mass is 32.1. The average molecular weight is 316 g/mol. The molecule has 0 atom stereocenters. The third-order valence-electron chi connectivity index (χ3n) is 3.97. The Morgan fingerprint density at radius 2 is 2.05 bits per heavy atom. The second-order valence-electron chi connectivity index (χ2n) is 6.13. The minimum Gasteiger partial charge on any atom is -0.368 e. The molecular formula is C17H24N4S. The van der Waals surface area contributed by atoms with E-state index in [-0.39, 0.29) is 0 Å². The summed E-state index contributed by atoms with van der Waals surface area (Å²) in [4.78, 5) is 12.9. The van der Waals surface area contributed by atoms with Gasteiger partial charge in [-0.2, -0.15) is 0 Å². The van der Waals surface area contributed by atoms with Crippen molar-refractivity contribution in [2.45, 2.75) is 13.1 Å². The second-order valence-corrected chi connectivity index (χ2v) is 7.13. The maximum absolute atomic E-state index is 4.22. The second kappa shape index (κ2) is 7.22. The largest absolute Gasteiger partial charge is 0.368 e. The van der Waals surface area contributed by atoms with Crippen LogP contribution in [0.2, 0.25) is 0 Å². The Hall–Kier alpha value is -1.43. The van der Waals surface area contributed by atoms with Gasteiger partial charge in [0.25, 0.3) is 0 Å². The lowest BCUT2D eigenvalue weighted by atomic mass is 10.2. The van der Waals surface area contributed by atoms with Gasteiger partial charge in [-0.25, -0.2) is 0 Å². The molecule has 0 aliphatic carbocycles. The molecule has 0 saturated carbocycles. The van der Waals surface area contributed by atoms with Crippen LogP contribution in [0, 0.1) is 0 Å². The number of thiophene rings is 1. The van der Waals surface area contributed by atoms with E-state index in [1.165, 1.54) is 16.1 Å². The first-order valence-corrected chi connectivity index (χ1v) is 8.67. The molecule has 2 aromatic rings. The number of anilines is 1. The quantitative estimate of drug-likeness (QED) is 0.845. The van der Waals surface area contributed by atoms with Gasteiger partial charge < -0.3 is 9.80 Å². The van der Waals surface area contributed by atoms with Crippen LogP contribution in [0.5, 0.6) is 0 Å². The normalized spacial score (nSPS) is 16.4. The van der Waals surface area contributed by atoms with E-state index in [2.05, 4.69) is 51.3 Å². The summed E-state index contributed by atoms with van der Waals surface area (Å²) in [6.45, 7) is 6.53. The first-order valence-electron chi connectivity index (χ1n) is 7.79. The van der Waals surface area contributed by atoms with Gasteiger partial charge in [-0.15, -0.1) is 11.3 Å². The van der Waals surface area contributed by atoms with Crippen LogP contribution in [0.15, 0.2) is 36.0 Å². The van der Waals surface area contributed by atoms with Crippen molar-refractivity contribution >= 4 is 17.0 Å². The molecule has 5 heteroatoms. The molecule has 3 rings (SSSR count). The molecule has 2 aromatic heterocycles. The molecule has 0 aromatic carbocycles. The Kier molecular flexibility index (Phi) is 5.08. The fraction of sp³-hybridized carbons (Fsp3) is 0.471. The first-order chi connectivity index (χ1) is 10.7. The average Bonchev–Trinajstić information content (AvgIpc) is 2.95. The van der Waals surface area contributed by atoms with Gasteiger partial charge in [0.1, 0.15) is 0 Å². The van der Waals surface area contributed by atoms with Crippen molar-refractivity contribution in [2.75, 3.05) is 45.2 Å². The van der Waals surface area contributed by atoms with Crippen LogP contribution in [-0.2, 0) is 13.1 Å². The van der Waals surface area contributed by atoms with Crippen LogP contribution >= 0.6 is 11.3 Å². The summed E-state index contributed by atoms with van der Waals surface area (Å²) in [6, 6.07) is 6.52. The zero-order chi connectivity index (χ0) is 15.4. The lowest BCUT2D eigenvalue weighted by molar-refractivity contribution is 0.252. The maximum atomic E-state index is 4.22. The fourth-order valence-electron chi connectivity index (χ4n) is 2.88. The minimum absolute atomic E-state index is 1.03. The van der Waals surface area contributed by atoms with E-state index >= 15 is 0 Å². The summed E-state index contributed by atoms with van der Waals surface area (Å²) in [7, 11) is 4.24. The topological polar surface area (TPSA) is 22.6 Å². The molecule has 1 saturated heterocycles. The van der Waals surface area contributed by atoms with E-state index < -0.39 is 0 Å². The molecular weight excluding hydrogens is 292 g/mol. The molecule has 1 aliphatic rings. The molecule has 1 aliphatic heterocycles. The van der Waals surface area contributed by atoms with Gasteiger partial charge in [0.15, 0.2) is 0 Å². The van der Waals surface area contributed by atoms with Gasteiger partial charge in [0.05, 0.1) is 11.9 Å². The van der Waals surface area contributed by atoms with Gasteiger partial charge in [-0.3, -0.25) is 9.88 Å². The van der Waals surface area contributed by atoms with E-state index in [1.807, 2.05) is 29.8 Å². The Morgan fingerprint density at radius 3 is 2.73 bits per heavy atom. The third kappa shape index (κ3) is 4.06. The highest BCUT2D eigenvalue weighted by molar-refractivity contribution is 7.10. The molecule has 22 heavy (non-hydrogen) atoms. The SMILES string of the molecule is CN(C)Cc1csc(CN2CCN(c3cccnc3)CC2)c1. The molecule has 3 heterocycles. The molecule has 0 bridgehead atoms. The zero-order valence-electron chi connectivity index (χ0n) is 13.4. The summed E-state index contributed by atoms with van der Waals surface area (Å²) in [6.07, 6.45) is 3.80. The summed E-state index contributed by atoms with van der Waals surface area (Å²) in [5.41, 5.74) is 2.67. The molecule has 4 nitrogen and oxygen atoms in total. The molecule has 0 unspecified atom stereocenters. The van der Waals surface area contributed by atoms with E-state index in [4.69, 9.17) is 0 Å². The zero-order valence-corrected chi connectivity index (χ0v) is 14.2. The van der Waals surface area contributed by atoms with Gasteiger partial charge in [-0.1, -0.05) is 0 Å². The number of piperazine rings is 1. The van der Waals surface area contributed by atoms with Crippen LogP contribution in [0.1, 0.15) is 10.4 Å². The van der Waals surface area contributed by atoms with Crippen LogP contribution < -0.4 is 4.90 Å². The lowest BCUT2D eigenvalue weighted by Crippen LogP contribution is -2.45. The highest BCUT2D eigenvalue weighted by Gasteiger charge is 2.17. The third-order valence-corrected chi connectivity index (χ3v) is 4.94. The van der Waals surface area contributed by atoms with E-state index in [0.717, 1.165) is 39.3 Å². The standard InChI is InChI=1S/C17H24N4S/c1-19(2)12-15-10-17(22-14-15)13-20-6-8-21(9-7-20)16-4-3-5-18-11-16/h3-5,10-11,14H,6-9,12-13H2,1-2H3. The van der Waals surface area contributed by atoms with Gasteiger partial charge in [0.2, 0.25) is 0 Å². The Labute approximate surface area is 137 Å². The highest BCUT2D eigenvalue weighted by Crippen LogP contribution is 2.20. The summed E-state index contributed by atoms with van der Waals surface area (Å²) in [5.74, 6) is 0. The number of hydrogen-bond acceptors (Lipinski definition) is 5. The summed E-state index contributed by atoms with van der Waals surface area (Å²) >= 11 is 1.89. The van der Waals surface area contributed by atoms with Crippen molar-refractivity contribution in [1.82, 2.24) is 14.8 Å². The van der Waals surface area contributed by atoms with E-state index in [1.54, 1.807) is 0 Å². The predicted molar refractivity (Wildman–Crippen MR) is 93.4 cm³/mol. The number of pyridine rings is 1. The van der Waals surface area contributed by atoms with E-state index in [9.17, 15) is 0 Å². The smallest absolute Gasteiger partial charge is 0.0553 e. The monoisotopic (exact) mass is 316 g/mol. The first kappa shape index (κ1) is 15.5. The molecule has 0 N–H and O–H groups in total. The van der Waals surface area contributed by atoms with Crippen molar-refractivity contribution in [3.05, 3.63) is 46.4 Å². The molecule has 118 valence electrons. The number of hydrogen-bond donors (Lipinski definition) is 0. The van der Waals surface area contributed by atoms with E-state index in [0.29, 0.717) is 0 Å². The number of rotatable bonds is 5. The molecule has 1 fully saturated rings. The molecule has 0 radical (unpaired) electrons. The van der Waals surface area contributed by atoms with Crippen LogP contribution in [-0.4, -0.2) is 55.1 Å². The number of aromatic nitrogens is 1. The van der Waals surface area contributed by atoms with Crippen molar-refractivity contribution in [1.29, 1.82) is 0 Å². The predicted octanol–water partition coefficient (Wildman–Crippen LogP) is 2.53. The van der Waals surface area contributed by atoms with Gasteiger partial charge >= 0.3 is 0 Å². The van der Waals surface area contributed by atoms with Crippen molar-refractivity contribution in [3.63, 3.8) is 0 Å². The molecule has 0 spiro atoms. The summed E-state index contributed by atoms with van der Waals surface area (Å²) < 4.78 is 0. The van der Waals surface area contributed by atoms with Gasteiger partial charge in [0, 0.05) is 50.3 Å².